The number of halogens is 5. The van der Waals surface area contributed by atoms with E-state index in [0.717, 1.165) is 11.1 Å². The Kier molecular flexibility index (Phi) is 5.72. The van der Waals surface area contributed by atoms with Crippen LogP contribution in [0, 0.1) is 0 Å². The number of carboxylic acids is 1. The van der Waals surface area contributed by atoms with Gasteiger partial charge in [-0.05, 0) is 18.2 Å². The average Bonchev–Trinajstić information content (AvgIpc) is 3.20. The number of fused-ring (bicyclic) bond motifs is 1. The van der Waals surface area contributed by atoms with E-state index in [1.165, 1.54) is 48.5 Å². The molecule has 0 atom stereocenters. The molecule has 1 N–H and O–H groups in total. The molecule has 0 saturated heterocycles. The lowest BCUT2D eigenvalue weighted by molar-refractivity contribution is -0.143. The number of hydrogen-bond donors (Lipinski definition) is 1. The molecular weight excluding hydrogens is 461 g/mol. The molecule has 1 amide bonds. The van der Waals surface area contributed by atoms with Gasteiger partial charge in [0.15, 0.2) is 5.69 Å². The van der Waals surface area contributed by atoms with E-state index < -0.39 is 53.8 Å². The Morgan fingerprint density at radius 2 is 1.68 bits per heavy atom. The van der Waals surface area contributed by atoms with Crippen LogP contribution in [0.4, 0.5) is 27.6 Å². The molecule has 0 radical (unpaired) electrons. The molecular formula is C23H16F5N3O3. The quantitative estimate of drug-likeness (QED) is 0.424. The van der Waals surface area contributed by atoms with E-state index in [2.05, 4.69) is 5.10 Å². The van der Waals surface area contributed by atoms with Crippen LogP contribution in [0.25, 0.3) is 11.3 Å². The highest BCUT2D eigenvalue weighted by atomic mass is 19.4. The van der Waals surface area contributed by atoms with Crippen LogP contribution in [0.5, 0.6) is 0 Å². The SMILES string of the molecule is O=C(O)C=C1c2ccccc2N(C(=O)c2cnn(-c3ccccc3)c2C(F)(F)F)CCC1(F)F. The standard InChI is InChI=1S/C23H16F5N3O3/c24-22(25)10-11-30(18-9-5-4-8-15(18)17(22)12-19(32)33)21(34)16-13-29-31(20(16)23(26,27)28)14-6-2-1-3-7-14/h1-9,12-13H,10-11H2,(H,32,33). The van der Waals surface area contributed by atoms with Crippen molar-refractivity contribution < 1.29 is 36.6 Å². The molecule has 0 saturated carbocycles. The fourth-order valence-corrected chi connectivity index (χ4v) is 3.85. The molecule has 0 spiro atoms. The molecule has 4 rings (SSSR count). The molecule has 1 aromatic heterocycles. The predicted molar refractivity (Wildman–Crippen MR) is 112 cm³/mol. The van der Waals surface area contributed by atoms with Crippen LogP contribution in [0.1, 0.15) is 28.0 Å². The summed E-state index contributed by atoms with van der Waals surface area (Å²) in [5.74, 6) is -6.44. The fraction of sp³-hybridized carbons (Fsp3) is 0.174. The van der Waals surface area contributed by atoms with Crippen LogP contribution in [0.15, 0.2) is 66.9 Å². The number of carbonyl (C=O) groups excluding carboxylic acids is 1. The highest BCUT2D eigenvalue weighted by molar-refractivity contribution is 6.09. The van der Waals surface area contributed by atoms with Gasteiger partial charge in [-0.3, -0.25) is 4.79 Å². The first-order chi connectivity index (χ1) is 16.0. The summed E-state index contributed by atoms with van der Waals surface area (Å²) < 4.78 is 72.3. The number of amides is 1. The number of aromatic nitrogens is 2. The molecule has 2 heterocycles. The number of carboxylic acid groups (broad SMARTS) is 1. The number of nitrogens with zero attached hydrogens (tertiary/aromatic N) is 3. The lowest BCUT2D eigenvalue weighted by Gasteiger charge is -2.23. The smallest absolute Gasteiger partial charge is 0.434 e. The molecule has 34 heavy (non-hydrogen) atoms. The van der Waals surface area contributed by atoms with Gasteiger partial charge in [0.1, 0.15) is 0 Å². The fourth-order valence-electron chi connectivity index (χ4n) is 3.85. The molecule has 0 fully saturated rings. The highest BCUT2D eigenvalue weighted by Crippen LogP contribution is 2.44. The number of rotatable bonds is 3. The van der Waals surface area contributed by atoms with Crippen molar-refractivity contribution in [1.82, 2.24) is 9.78 Å². The normalized spacial score (nSPS) is 16.7. The van der Waals surface area contributed by atoms with Crippen molar-refractivity contribution in [2.75, 3.05) is 11.4 Å². The number of alkyl halides is 5. The summed E-state index contributed by atoms with van der Waals surface area (Å²) in [6.07, 6.45) is -4.87. The van der Waals surface area contributed by atoms with Gasteiger partial charge in [-0.2, -0.15) is 18.3 Å². The highest BCUT2D eigenvalue weighted by Gasteiger charge is 2.45. The van der Waals surface area contributed by atoms with Crippen molar-refractivity contribution in [2.45, 2.75) is 18.5 Å². The van der Waals surface area contributed by atoms with E-state index in [9.17, 15) is 31.5 Å². The lowest BCUT2D eigenvalue weighted by Crippen LogP contribution is -2.34. The summed E-state index contributed by atoms with van der Waals surface area (Å²) in [6.45, 7) is -0.645. The Morgan fingerprint density at radius 1 is 1.03 bits per heavy atom. The second-order valence-corrected chi connectivity index (χ2v) is 7.48. The molecule has 11 heteroatoms. The van der Waals surface area contributed by atoms with Crippen molar-refractivity contribution in [3.05, 3.63) is 83.7 Å². The lowest BCUT2D eigenvalue weighted by atomic mass is 9.97. The van der Waals surface area contributed by atoms with E-state index in [4.69, 9.17) is 5.11 Å². The summed E-state index contributed by atoms with van der Waals surface area (Å²) in [5.41, 5.74) is -3.33. The average molecular weight is 477 g/mol. The van der Waals surface area contributed by atoms with Gasteiger partial charge in [-0.1, -0.05) is 36.4 Å². The molecule has 0 aliphatic carbocycles. The van der Waals surface area contributed by atoms with E-state index in [-0.39, 0.29) is 16.9 Å². The van der Waals surface area contributed by atoms with Gasteiger partial charge < -0.3 is 10.0 Å². The van der Waals surface area contributed by atoms with Gasteiger partial charge in [-0.15, -0.1) is 0 Å². The monoisotopic (exact) mass is 477 g/mol. The van der Waals surface area contributed by atoms with Crippen LogP contribution < -0.4 is 4.90 Å². The molecule has 0 bridgehead atoms. The summed E-state index contributed by atoms with van der Waals surface area (Å²) >= 11 is 0. The van der Waals surface area contributed by atoms with Crippen LogP contribution >= 0.6 is 0 Å². The van der Waals surface area contributed by atoms with Crippen molar-refractivity contribution >= 4 is 23.1 Å². The first kappa shape index (κ1) is 23.1. The van der Waals surface area contributed by atoms with E-state index >= 15 is 0 Å². The first-order valence-electron chi connectivity index (χ1n) is 9.95. The number of para-hydroxylation sites is 2. The second-order valence-electron chi connectivity index (χ2n) is 7.48. The van der Waals surface area contributed by atoms with E-state index in [1.807, 2.05) is 0 Å². The number of hydrogen-bond acceptors (Lipinski definition) is 3. The third-order valence-corrected chi connectivity index (χ3v) is 5.31. The van der Waals surface area contributed by atoms with Gasteiger partial charge >= 0.3 is 12.1 Å². The Morgan fingerprint density at radius 3 is 2.32 bits per heavy atom. The minimum Gasteiger partial charge on any atom is -0.478 e. The summed E-state index contributed by atoms with van der Waals surface area (Å²) in [5, 5.41) is 12.8. The van der Waals surface area contributed by atoms with Crippen molar-refractivity contribution in [3.8, 4) is 5.69 Å². The van der Waals surface area contributed by atoms with Crippen LogP contribution in [-0.4, -0.2) is 39.2 Å². The third kappa shape index (κ3) is 4.16. The van der Waals surface area contributed by atoms with E-state index in [1.54, 1.807) is 6.07 Å². The van der Waals surface area contributed by atoms with Crippen LogP contribution in [0.3, 0.4) is 0 Å². The second kappa shape index (κ2) is 8.40. The molecule has 6 nitrogen and oxygen atoms in total. The number of anilines is 1. The number of benzene rings is 2. The summed E-state index contributed by atoms with van der Waals surface area (Å²) in [4.78, 5) is 25.3. The van der Waals surface area contributed by atoms with Crippen molar-refractivity contribution in [1.29, 1.82) is 0 Å². The molecule has 3 aromatic rings. The zero-order chi connectivity index (χ0) is 24.7. The predicted octanol–water partition coefficient (Wildman–Crippen LogP) is 5.04. The first-order valence-corrected chi connectivity index (χ1v) is 9.95. The zero-order valence-electron chi connectivity index (χ0n) is 17.3. The zero-order valence-corrected chi connectivity index (χ0v) is 17.3. The van der Waals surface area contributed by atoms with Crippen LogP contribution in [-0.2, 0) is 11.0 Å². The Labute approximate surface area is 189 Å². The van der Waals surface area contributed by atoms with Gasteiger partial charge in [-0.25, -0.2) is 18.3 Å². The van der Waals surface area contributed by atoms with Gasteiger partial charge in [0.25, 0.3) is 11.8 Å². The van der Waals surface area contributed by atoms with Gasteiger partial charge in [0.05, 0.1) is 23.1 Å². The third-order valence-electron chi connectivity index (χ3n) is 5.31. The maximum absolute atomic E-state index is 14.8. The Balaban J connectivity index is 1.87. The Bertz CT molecular complexity index is 1280. The molecule has 1 aliphatic heterocycles. The maximum atomic E-state index is 14.8. The number of aliphatic carboxylic acids is 1. The molecule has 1 aliphatic rings. The number of carbonyl (C=O) groups is 2. The van der Waals surface area contributed by atoms with Crippen molar-refractivity contribution in [3.63, 3.8) is 0 Å². The topological polar surface area (TPSA) is 75.4 Å². The molecule has 0 unspecified atom stereocenters. The molecule has 2 aromatic carbocycles. The number of allylic oxidation sites excluding steroid dienone is 1. The largest absolute Gasteiger partial charge is 0.478 e. The summed E-state index contributed by atoms with van der Waals surface area (Å²) in [6, 6.07) is 12.6. The minimum atomic E-state index is -4.99. The van der Waals surface area contributed by atoms with Gasteiger partial charge in [0, 0.05) is 30.2 Å². The van der Waals surface area contributed by atoms with Crippen molar-refractivity contribution in [2.24, 2.45) is 0 Å². The van der Waals surface area contributed by atoms with Crippen LogP contribution in [0.2, 0.25) is 0 Å². The van der Waals surface area contributed by atoms with E-state index in [0.29, 0.717) is 10.8 Å². The van der Waals surface area contributed by atoms with Gasteiger partial charge in [0.2, 0.25) is 0 Å². The maximum Gasteiger partial charge on any atom is 0.434 e. The summed E-state index contributed by atoms with van der Waals surface area (Å²) in [7, 11) is 0. The minimum absolute atomic E-state index is 0.0587. The molecule has 176 valence electrons. The Hall–Kier alpha value is -4.02.